The van der Waals surface area contributed by atoms with E-state index in [0.29, 0.717) is 91.4 Å². The first kappa shape index (κ1) is 42.2. The van der Waals surface area contributed by atoms with Crippen molar-refractivity contribution >= 4 is 29.7 Å². The zero-order chi connectivity index (χ0) is 33.4. The predicted octanol–water partition coefficient (Wildman–Crippen LogP) is 1.99. The predicted molar refractivity (Wildman–Crippen MR) is 169 cm³/mol. The van der Waals surface area contributed by atoms with Crippen molar-refractivity contribution in [3.63, 3.8) is 0 Å². The smallest absolute Gasteiger partial charge is 0.320 e. The van der Waals surface area contributed by atoms with E-state index in [1.165, 1.54) is 0 Å². The van der Waals surface area contributed by atoms with Crippen LogP contribution in [0.3, 0.4) is 0 Å². The molecule has 45 heavy (non-hydrogen) atoms. The van der Waals surface area contributed by atoms with Crippen LogP contribution in [0, 0.1) is 0 Å². The minimum Gasteiger partial charge on any atom is -0.481 e. The molecular formula is C31H58N4O10. The van der Waals surface area contributed by atoms with Crippen molar-refractivity contribution in [2.45, 2.75) is 102 Å². The van der Waals surface area contributed by atoms with Gasteiger partial charge in [-0.25, -0.2) is 0 Å². The van der Waals surface area contributed by atoms with Crippen molar-refractivity contribution in [3.8, 4) is 0 Å². The first-order valence-corrected chi connectivity index (χ1v) is 16.4. The highest BCUT2D eigenvalue weighted by Gasteiger charge is 2.13. The van der Waals surface area contributed by atoms with E-state index in [4.69, 9.17) is 24.4 Å². The van der Waals surface area contributed by atoms with Gasteiger partial charge in [0.05, 0.1) is 26.4 Å². The van der Waals surface area contributed by atoms with Crippen molar-refractivity contribution in [3.05, 3.63) is 0 Å². The van der Waals surface area contributed by atoms with Crippen LogP contribution in [0.4, 0.5) is 0 Å². The van der Waals surface area contributed by atoms with Gasteiger partial charge in [-0.2, -0.15) is 0 Å². The Balaban J connectivity index is 3.36. The fourth-order valence-corrected chi connectivity index (χ4v) is 4.20. The normalized spacial score (nSPS) is 11.6. The van der Waals surface area contributed by atoms with E-state index in [1.54, 1.807) is 7.05 Å². The van der Waals surface area contributed by atoms with Crippen LogP contribution in [-0.4, -0.2) is 112 Å². The molecule has 0 aliphatic rings. The Hall–Kier alpha value is -2.81. The number of hydrogen-bond donors (Lipinski definition) is 6. The molecule has 0 aromatic carbocycles. The lowest BCUT2D eigenvalue weighted by Crippen LogP contribution is -2.34. The number of carbonyl (C=O) groups excluding carboxylic acids is 3. The van der Waals surface area contributed by atoms with Crippen molar-refractivity contribution in [1.29, 1.82) is 0 Å². The van der Waals surface area contributed by atoms with Crippen LogP contribution in [-0.2, 0) is 38.2 Å². The van der Waals surface area contributed by atoms with E-state index in [9.17, 15) is 24.0 Å². The van der Waals surface area contributed by atoms with Gasteiger partial charge in [0.1, 0.15) is 6.04 Å². The van der Waals surface area contributed by atoms with Gasteiger partial charge >= 0.3 is 11.9 Å². The van der Waals surface area contributed by atoms with Crippen LogP contribution in [0.5, 0.6) is 0 Å². The van der Waals surface area contributed by atoms with Gasteiger partial charge in [0.15, 0.2) is 0 Å². The van der Waals surface area contributed by atoms with E-state index in [2.05, 4.69) is 21.3 Å². The topological polar surface area (TPSA) is 202 Å². The molecule has 0 aromatic heterocycles. The third-order valence-corrected chi connectivity index (χ3v) is 6.83. The van der Waals surface area contributed by atoms with E-state index in [0.717, 1.165) is 44.9 Å². The maximum Gasteiger partial charge on any atom is 0.320 e. The van der Waals surface area contributed by atoms with Crippen LogP contribution >= 0.6 is 0 Å². The monoisotopic (exact) mass is 646 g/mol. The van der Waals surface area contributed by atoms with E-state index in [-0.39, 0.29) is 37.0 Å². The zero-order valence-corrected chi connectivity index (χ0v) is 27.2. The van der Waals surface area contributed by atoms with Crippen molar-refractivity contribution in [2.24, 2.45) is 0 Å². The molecule has 262 valence electrons. The summed E-state index contributed by atoms with van der Waals surface area (Å²) in [6, 6.07) is -0.580. The van der Waals surface area contributed by atoms with Gasteiger partial charge in [0, 0.05) is 58.5 Å². The SMILES string of the molecule is CN[C@@H](CCCCNC(=O)CCC(=O)NCCCOCCOCCOCCCNC(=O)CCCCCCCCC(=O)O)C(=O)O. The Morgan fingerprint density at radius 1 is 0.511 bits per heavy atom. The summed E-state index contributed by atoms with van der Waals surface area (Å²) in [4.78, 5) is 56.9. The number of rotatable bonds is 33. The standard InChI is InChI=1S/C31H58N4O10/c1-32-26(31(41)42)12-8-9-17-33-28(37)15-16-29(38)35-19-11-21-44-23-25-45-24-22-43-20-10-18-34-27(36)13-6-4-2-3-5-7-14-30(39)40/h26,32H,2-25H2,1H3,(H,33,37)(H,34,36)(H,35,38)(H,39,40)(H,41,42)/t26-/m0/s1. The van der Waals surface area contributed by atoms with Gasteiger partial charge in [-0.1, -0.05) is 25.7 Å². The third-order valence-electron chi connectivity index (χ3n) is 6.83. The van der Waals surface area contributed by atoms with Crippen LogP contribution in [0.25, 0.3) is 0 Å². The number of ether oxygens (including phenoxy) is 3. The second kappa shape index (κ2) is 31.2. The van der Waals surface area contributed by atoms with Crippen molar-refractivity contribution in [1.82, 2.24) is 21.3 Å². The Morgan fingerprint density at radius 2 is 0.933 bits per heavy atom. The number of carbonyl (C=O) groups is 5. The zero-order valence-electron chi connectivity index (χ0n) is 27.2. The first-order valence-electron chi connectivity index (χ1n) is 16.4. The van der Waals surface area contributed by atoms with Crippen molar-refractivity contribution < 1.29 is 48.4 Å². The van der Waals surface area contributed by atoms with Gasteiger partial charge in [0.25, 0.3) is 0 Å². The Bertz CT molecular complexity index is 800. The van der Waals surface area contributed by atoms with Gasteiger partial charge in [-0.3, -0.25) is 24.0 Å². The molecule has 0 fully saturated rings. The fourth-order valence-electron chi connectivity index (χ4n) is 4.20. The van der Waals surface area contributed by atoms with Crippen LogP contribution in [0.15, 0.2) is 0 Å². The lowest BCUT2D eigenvalue weighted by molar-refractivity contribution is -0.139. The lowest BCUT2D eigenvalue weighted by atomic mass is 10.1. The number of carboxylic acid groups (broad SMARTS) is 2. The minimum atomic E-state index is -0.886. The Morgan fingerprint density at radius 3 is 1.40 bits per heavy atom. The van der Waals surface area contributed by atoms with Crippen LogP contribution in [0.1, 0.15) is 96.3 Å². The van der Waals surface area contributed by atoms with E-state index in [1.807, 2.05) is 0 Å². The summed E-state index contributed by atoms with van der Waals surface area (Å²) in [5, 5.41) is 28.7. The second-order valence-electron chi connectivity index (χ2n) is 10.8. The van der Waals surface area contributed by atoms with E-state index >= 15 is 0 Å². The molecular weight excluding hydrogens is 588 g/mol. The summed E-state index contributed by atoms with van der Waals surface area (Å²) in [5.74, 6) is -1.97. The first-order chi connectivity index (χ1) is 21.8. The number of unbranched alkanes of at least 4 members (excludes halogenated alkanes) is 6. The summed E-state index contributed by atoms with van der Waals surface area (Å²) in [5.41, 5.74) is 0. The highest BCUT2D eigenvalue weighted by molar-refractivity contribution is 5.83. The minimum absolute atomic E-state index is 0.0511. The number of nitrogens with one attached hydrogen (secondary N) is 4. The average Bonchev–Trinajstić information content (AvgIpc) is 3.00. The molecule has 1 atom stereocenters. The molecule has 3 amide bonds. The number of likely N-dealkylation sites (N-methyl/N-ethyl adjacent to an activating group) is 1. The van der Waals surface area contributed by atoms with Gasteiger partial charge in [-0.15, -0.1) is 0 Å². The molecule has 0 spiro atoms. The highest BCUT2D eigenvalue weighted by atomic mass is 16.5. The summed E-state index contributed by atoms with van der Waals surface area (Å²) >= 11 is 0. The number of hydrogen-bond acceptors (Lipinski definition) is 9. The maximum absolute atomic E-state index is 11.9. The summed E-state index contributed by atoms with van der Waals surface area (Å²) in [6.45, 7) is 4.33. The van der Waals surface area contributed by atoms with Gasteiger partial charge < -0.3 is 45.7 Å². The third kappa shape index (κ3) is 31.0. The fraction of sp³-hybridized carbons (Fsp3) is 0.839. The molecule has 0 saturated heterocycles. The highest BCUT2D eigenvalue weighted by Crippen LogP contribution is 2.08. The second-order valence-corrected chi connectivity index (χ2v) is 10.8. The lowest BCUT2D eigenvalue weighted by Gasteiger charge is -2.11. The molecule has 0 radical (unpaired) electrons. The molecule has 0 bridgehead atoms. The number of carboxylic acids is 2. The largest absolute Gasteiger partial charge is 0.481 e. The summed E-state index contributed by atoms with van der Waals surface area (Å²) in [6.07, 6.45) is 9.70. The van der Waals surface area contributed by atoms with Crippen LogP contribution in [0.2, 0.25) is 0 Å². The van der Waals surface area contributed by atoms with Gasteiger partial charge in [-0.05, 0) is 52.0 Å². The molecule has 14 nitrogen and oxygen atoms in total. The molecule has 6 N–H and O–H groups in total. The summed E-state index contributed by atoms with van der Waals surface area (Å²) < 4.78 is 16.4. The molecule has 14 heteroatoms. The number of aliphatic carboxylic acids is 2. The van der Waals surface area contributed by atoms with Crippen molar-refractivity contribution in [2.75, 3.05) is 66.3 Å². The Kier molecular flexibility index (Phi) is 29.2. The molecule has 0 saturated carbocycles. The maximum atomic E-state index is 11.9. The molecule has 0 heterocycles. The summed E-state index contributed by atoms with van der Waals surface area (Å²) in [7, 11) is 1.60. The van der Waals surface area contributed by atoms with E-state index < -0.39 is 18.0 Å². The molecule has 0 aromatic rings. The van der Waals surface area contributed by atoms with Crippen LogP contribution < -0.4 is 21.3 Å². The molecule has 0 aliphatic carbocycles. The Labute approximate surface area is 268 Å². The molecule has 0 rings (SSSR count). The average molecular weight is 647 g/mol. The number of amides is 3. The molecule has 0 unspecified atom stereocenters. The quantitative estimate of drug-likeness (QED) is 0.0570. The molecule has 0 aliphatic heterocycles. The van der Waals surface area contributed by atoms with Gasteiger partial charge in [0.2, 0.25) is 17.7 Å².